The second kappa shape index (κ2) is 1.76. The van der Waals surface area contributed by atoms with Gasteiger partial charge < -0.3 is 5.73 Å². The highest BCUT2D eigenvalue weighted by Crippen LogP contribution is 2.48. The van der Waals surface area contributed by atoms with Crippen LogP contribution in [0.4, 0.5) is 5.69 Å². The van der Waals surface area contributed by atoms with Gasteiger partial charge in [-0.2, -0.15) is 0 Å². The van der Waals surface area contributed by atoms with Crippen molar-refractivity contribution >= 4 is 21.6 Å². The van der Waals surface area contributed by atoms with Crippen LogP contribution < -0.4 is 5.73 Å². The molecule has 1 aliphatic carbocycles. The summed E-state index contributed by atoms with van der Waals surface area (Å²) < 4.78 is 1.02. The van der Waals surface area contributed by atoms with Gasteiger partial charge in [-0.3, -0.25) is 0 Å². The van der Waals surface area contributed by atoms with Crippen molar-refractivity contribution in [2.24, 2.45) is 0 Å². The van der Waals surface area contributed by atoms with E-state index in [1.165, 1.54) is 11.1 Å². The third kappa shape index (κ3) is 0.626. The SMILES string of the molecule is CC1c2ccc(Br)c(N)c21. The van der Waals surface area contributed by atoms with Crippen molar-refractivity contribution in [2.45, 2.75) is 12.8 Å². The van der Waals surface area contributed by atoms with Gasteiger partial charge in [0.1, 0.15) is 0 Å². The Bertz CT molecular complexity index is 294. The number of rotatable bonds is 0. The number of hydrogen-bond donors (Lipinski definition) is 1. The number of anilines is 1. The molecule has 10 heavy (non-hydrogen) atoms. The maximum absolute atomic E-state index is 5.78. The fourth-order valence-electron chi connectivity index (χ4n) is 1.36. The Kier molecular flexibility index (Phi) is 1.09. The van der Waals surface area contributed by atoms with E-state index in [0.29, 0.717) is 5.92 Å². The molecule has 0 radical (unpaired) electrons. The number of nitrogens with two attached hydrogens (primary N) is 1. The maximum Gasteiger partial charge on any atom is 0.0500 e. The average molecular weight is 198 g/mol. The van der Waals surface area contributed by atoms with Crippen LogP contribution in [0.1, 0.15) is 24.0 Å². The zero-order chi connectivity index (χ0) is 7.30. The minimum Gasteiger partial charge on any atom is -0.398 e. The highest BCUT2D eigenvalue weighted by molar-refractivity contribution is 9.10. The van der Waals surface area contributed by atoms with E-state index >= 15 is 0 Å². The first-order valence-electron chi connectivity index (χ1n) is 3.29. The Balaban J connectivity index is 2.63. The van der Waals surface area contributed by atoms with Crippen LogP contribution in [0.25, 0.3) is 0 Å². The smallest absolute Gasteiger partial charge is 0.0500 e. The predicted molar refractivity (Wildman–Crippen MR) is 46.1 cm³/mol. The monoisotopic (exact) mass is 197 g/mol. The van der Waals surface area contributed by atoms with E-state index in [1.807, 2.05) is 6.07 Å². The van der Waals surface area contributed by atoms with E-state index in [0.717, 1.165) is 10.2 Å². The van der Waals surface area contributed by atoms with Gasteiger partial charge in [0.05, 0.1) is 0 Å². The van der Waals surface area contributed by atoms with Crippen molar-refractivity contribution in [3.8, 4) is 0 Å². The zero-order valence-electron chi connectivity index (χ0n) is 5.69. The number of halogens is 1. The van der Waals surface area contributed by atoms with Gasteiger partial charge in [-0.05, 0) is 33.1 Å². The lowest BCUT2D eigenvalue weighted by atomic mass is 10.3. The number of fused-ring (bicyclic) bond motifs is 1. The summed E-state index contributed by atoms with van der Waals surface area (Å²) in [6, 6.07) is 4.14. The van der Waals surface area contributed by atoms with E-state index < -0.39 is 0 Å². The Labute approximate surface area is 68.4 Å². The lowest BCUT2D eigenvalue weighted by molar-refractivity contribution is 1.15. The van der Waals surface area contributed by atoms with E-state index in [-0.39, 0.29) is 0 Å². The molecule has 1 aromatic carbocycles. The summed E-state index contributed by atoms with van der Waals surface area (Å²) in [6.45, 7) is 2.17. The molecule has 0 spiro atoms. The Hall–Kier alpha value is -0.500. The molecule has 52 valence electrons. The quantitative estimate of drug-likeness (QED) is 0.636. The molecule has 2 heteroatoms. The molecule has 0 saturated carbocycles. The highest BCUT2D eigenvalue weighted by atomic mass is 79.9. The Morgan fingerprint density at radius 1 is 1.50 bits per heavy atom. The largest absolute Gasteiger partial charge is 0.398 e. The van der Waals surface area contributed by atoms with Crippen LogP contribution >= 0.6 is 15.9 Å². The van der Waals surface area contributed by atoms with E-state index in [1.54, 1.807) is 0 Å². The van der Waals surface area contributed by atoms with Gasteiger partial charge in [-0.25, -0.2) is 0 Å². The van der Waals surface area contributed by atoms with Crippen molar-refractivity contribution in [3.63, 3.8) is 0 Å². The topological polar surface area (TPSA) is 26.0 Å². The minimum absolute atomic E-state index is 0.603. The molecule has 1 aromatic rings. The van der Waals surface area contributed by atoms with Crippen LogP contribution in [-0.4, -0.2) is 0 Å². The fraction of sp³-hybridized carbons (Fsp3) is 0.250. The van der Waals surface area contributed by atoms with Crippen LogP contribution in [0.3, 0.4) is 0 Å². The highest BCUT2D eigenvalue weighted by Gasteiger charge is 2.30. The summed E-state index contributed by atoms with van der Waals surface area (Å²) in [6.07, 6.45) is 0. The third-order valence-electron chi connectivity index (χ3n) is 2.08. The second-order valence-electron chi connectivity index (χ2n) is 2.69. The molecule has 2 rings (SSSR count). The molecule has 1 atom stereocenters. The molecule has 1 unspecified atom stereocenters. The molecular weight excluding hydrogens is 190 g/mol. The number of nitrogen functional groups attached to an aromatic ring is 1. The zero-order valence-corrected chi connectivity index (χ0v) is 7.27. The standard InChI is InChI=1S/C8H8BrN/c1-4-5-2-3-6(9)8(10)7(4)5/h2-4H,10H2,1H3. The number of benzene rings is 1. The van der Waals surface area contributed by atoms with Crippen LogP contribution in [0.5, 0.6) is 0 Å². The first kappa shape index (κ1) is 6.23. The molecule has 0 aromatic heterocycles. The lowest BCUT2D eigenvalue weighted by Crippen LogP contribution is -1.84. The van der Waals surface area contributed by atoms with Gasteiger partial charge in [-0.1, -0.05) is 13.0 Å². The van der Waals surface area contributed by atoms with Crippen LogP contribution in [-0.2, 0) is 0 Å². The molecular formula is C8H8BrN. The summed E-state index contributed by atoms with van der Waals surface area (Å²) in [7, 11) is 0. The lowest BCUT2D eigenvalue weighted by Gasteiger charge is -1.92. The molecule has 2 N–H and O–H groups in total. The molecule has 0 fully saturated rings. The molecule has 0 bridgehead atoms. The van der Waals surface area contributed by atoms with Gasteiger partial charge in [0.2, 0.25) is 0 Å². The van der Waals surface area contributed by atoms with Gasteiger partial charge in [0.25, 0.3) is 0 Å². The van der Waals surface area contributed by atoms with Gasteiger partial charge in [-0.15, -0.1) is 0 Å². The van der Waals surface area contributed by atoms with Crippen molar-refractivity contribution in [1.82, 2.24) is 0 Å². The summed E-state index contributed by atoms with van der Waals surface area (Å²) in [5.41, 5.74) is 9.43. The van der Waals surface area contributed by atoms with Crippen molar-refractivity contribution in [1.29, 1.82) is 0 Å². The first-order chi connectivity index (χ1) is 4.72. The molecule has 0 heterocycles. The molecule has 0 saturated heterocycles. The van der Waals surface area contributed by atoms with Crippen molar-refractivity contribution in [3.05, 3.63) is 27.7 Å². The first-order valence-corrected chi connectivity index (χ1v) is 4.09. The van der Waals surface area contributed by atoms with Crippen LogP contribution in [0.15, 0.2) is 16.6 Å². The predicted octanol–water partition coefficient (Wildman–Crippen LogP) is 2.50. The summed E-state index contributed by atoms with van der Waals surface area (Å²) in [4.78, 5) is 0. The van der Waals surface area contributed by atoms with Gasteiger partial charge in [0, 0.05) is 16.1 Å². The van der Waals surface area contributed by atoms with E-state index in [2.05, 4.69) is 28.9 Å². The normalized spacial score (nSPS) is 20.4. The molecule has 1 aliphatic rings. The van der Waals surface area contributed by atoms with Crippen LogP contribution in [0, 0.1) is 0 Å². The summed E-state index contributed by atoms with van der Waals surface area (Å²) in [5, 5.41) is 0. The van der Waals surface area contributed by atoms with E-state index in [9.17, 15) is 0 Å². The summed E-state index contributed by atoms with van der Waals surface area (Å²) in [5.74, 6) is 0.603. The molecule has 1 nitrogen and oxygen atoms in total. The van der Waals surface area contributed by atoms with Crippen molar-refractivity contribution < 1.29 is 0 Å². The minimum atomic E-state index is 0.603. The van der Waals surface area contributed by atoms with E-state index in [4.69, 9.17) is 5.73 Å². The Morgan fingerprint density at radius 2 is 2.20 bits per heavy atom. The van der Waals surface area contributed by atoms with Crippen LogP contribution in [0.2, 0.25) is 0 Å². The molecule has 0 aliphatic heterocycles. The summed E-state index contributed by atoms with van der Waals surface area (Å²) >= 11 is 3.38. The van der Waals surface area contributed by atoms with Gasteiger partial charge in [0.15, 0.2) is 0 Å². The maximum atomic E-state index is 5.78. The fourth-order valence-corrected chi connectivity index (χ4v) is 1.71. The average Bonchev–Trinajstić information content (AvgIpc) is 2.54. The third-order valence-corrected chi connectivity index (χ3v) is 2.78. The van der Waals surface area contributed by atoms with Gasteiger partial charge >= 0.3 is 0 Å². The molecule has 0 amide bonds. The van der Waals surface area contributed by atoms with Crippen molar-refractivity contribution in [2.75, 3.05) is 5.73 Å². The number of hydrogen-bond acceptors (Lipinski definition) is 1. The Morgan fingerprint density at radius 3 is 2.80 bits per heavy atom. The second-order valence-corrected chi connectivity index (χ2v) is 3.54.